The van der Waals surface area contributed by atoms with Gasteiger partial charge >= 0.3 is 18.2 Å². The number of rotatable bonds is 5. The van der Waals surface area contributed by atoms with E-state index in [1.807, 2.05) is 18.5 Å². The number of amides is 2. The summed E-state index contributed by atoms with van der Waals surface area (Å²) >= 11 is 0. The normalized spacial score (nSPS) is 18.7. The summed E-state index contributed by atoms with van der Waals surface area (Å²) in [6.07, 6.45) is 1.55. The van der Waals surface area contributed by atoms with Crippen molar-refractivity contribution < 1.29 is 37.1 Å². The van der Waals surface area contributed by atoms with Crippen LogP contribution in [0.3, 0.4) is 0 Å². The molecule has 0 bridgehead atoms. The number of nitrogens with one attached hydrogen (secondary N) is 1. The number of carboxylic acids is 1. The van der Waals surface area contributed by atoms with Gasteiger partial charge in [0.05, 0.1) is 36.4 Å². The molecular formula is C19H24F3N5O5. The van der Waals surface area contributed by atoms with Crippen LogP contribution in [-0.4, -0.2) is 55.0 Å². The summed E-state index contributed by atoms with van der Waals surface area (Å²) in [6, 6.07) is -0.157. The Labute approximate surface area is 181 Å². The monoisotopic (exact) mass is 459 g/mol. The molecule has 10 nitrogen and oxygen atoms in total. The average molecular weight is 459 g/mol. The highest BCUT2D eigenvalue weighted by atomic mass is 19.4. The van der Waals surface area contributed by atoms with Gasteiger partial charge < -0.3 is 19.0 Å². The van der Waals surface area contributed by atoms with E-state index in [2.05, 4.69) is 15.3 Å². The van der Waals surface area contributed by atoms with E-state index in [4.69, 9.17) is 14.3 Å². The summed E-state index contributed by atoms with van der Waals surface area (Å²) in [7, 11) is 1.87. The number of carbonyl (C=O) groups is 3. The van der Waals surface area contributed by atoms with E-state index in [1.165, 1.54) is 0 Å². The predicted octanol–water partition coefficient (Wildman–Crippen LogP) is 2.68. The molecule has 2 atom stereocenters. The maximum Gasteiger partial charge on any atom is 0.490 e. The van der Waals surface area contributed by atoms with Crippen molar-refractivity contribution in [3.8, 4) is 0 Å². The number of anilines is 1. The van der Waals surface area contributed by atoms with Gasteiger partial charge in [0.25, 0.3) is 0 Å². The van der Waals surface area contributed by atoms with Crippen LogP contribution in [0.5, 0.6) is 0 Å². The van der Waals surface area contributed by atoms with Crippen LogP contribution in [0.25, 0.3) is 0 Å². The van der Waals surface area contributed by atoms with E-state index in [0.717, 1.165) is 12.1 Å². The molecule has 3 heterocycles. The minimum atomic E-state index is -5.08. The number of aliphatic carboxylic acids is 1. The maximum absolute atomic E-state index is 12.9. The molecule has 0 unspecified atom stereocenters. The van der Waals surface area contributed by atoms with E-state index in [-0.39, 0.29) is 29.8 Å². The van der Waals surface area contributed by atoms with Crippen molar-refractivity contribution in [2.24, 2.45) is 13.0 Å². The Hall–Kier alpha value is -3.38. The molecule has 0 saturated carbocycles. The number of hydrogen-bond donors (Lipinski definition) is 2. The van der Waals surface area contributed by atoms with Gasteiger partial charge in [-0.25, -0.2) is 14.8 Å². The summed E-state index contributed by atoms with van der Waals surface area (Å²) < 4.78 is 38.9. The third-order valence-electron chi connectivity index (χ3n) is 4.76. The van der Waals surface area contributed by atoms with E-state index < -0.39 is 12.1 Å². The largest absolute Gasteiger partial charge is 0.490 e. The SMILES string of the molecule is CCCN1C(=O)CC[C@H](C(=O)Nc2ncc(C)o2)[C@H]1c1cncn1C.O=C(O)C(F)(F)F. The number of imidazole rings is 1. The average Bonchev–Trinajstić information content (AvgIpc) is 3.30. The third-order valence-corrected chi connectivity index (χ3v) is 4.76. The van der Waals surface area contributed by atoms with E-state index in [9.17, 15) is 22.8 Å². The van der Waals surface area contributed by atoms with Crippen molar-refractivity contribution in [3.05, 3.63) is 30.2 Å². The van der Waals surface area contributed by atoms with Crippen LogP contribution < -0.4 is 5.32 Å². The molecule has 3 rings (SSSR count). The third kappa shape index (κ3) is 6.08. The number of oxazole rings is 1. The maximum atomic E-state index is 12.9. The molecule has 2 N–H and O–H groups in total. The van der Waals surface area contributed by atoms with Crippen molar-refractivity contribution in [1.29, 1.82) is 0 Å². The molecule has 176 valence electrons. The van der Waals surface area contributed by atoms with E-state index in [1.54, 1.807) is 30.5 Å². The molecule has 0 spiro atoms. The predicted molar refractivity (Wildman–Crippen MR) is 104 cm³/mol. The number of likely N-dealkylation sites (tertiary alicyclic amines) is 1. The zero-order valence-electron chi connectivity index (χ0n) is 17.7. The lowest BCUT2D eigenvalue weighted by atomic mass is 9.85. The fourth-order valence-corrected chi connectivity index (χ4v) is 3.36. The number of carboxylic acid groups (broad SMARTS) is 1. The van der Waals surface area contributed by atoms with Crippen LogP contribution in [0.1, 0.15) is 43.7 Å². The second kappa shape index (κ2) is 10.3. The smallest absolute Gasteiger partial charge is 0.475 e. The van der Waals surface area contributed by atoms with Crippen LogP contribution in [0.15, 0.2) is 23.1 Å². The number of carbonyl (C=O) groups excluding carboxylic acids is 2. The topological polar surface area (TPSA) is 131 Å². The number of halogens is 3. The summed E-state index contributed by atoms with van der Waals surface area (Å²) in [5, 5.41) is 9.86. The van der Waals surface area contributed by atoms with Gasteiger partial charge in [0, 0.05) is 20.0 Å². The van der Waals surface area contributed by atoms with Crippen LogP contribution in [0.2, 0.25) is 0 Å². The summed E-state index contributed by atoms with van der Waals surface area (Å²) in [6.45, 7) is 4.40. The van der Waals surface area contributed by atoms with Crippen molar-refractivity contribution in [2.45, 2.75) is 45.3 Å². The fourth-order valence-electron chi connectivity index (χ4n) is 3.36. The molecule has 0 radical (unpaired) electrons. The van der Waals surface area contributed by atoms with Gasteiger partial charge in [-0.2, -0.15) is 13.2 Å². The number of aryl methyl sites for hydroxylation is 2. The quantitative estimate of drug-likeness (QED) is 0.703. The molecule has 2 amide bonds. The molecule has 1 saturated heterocycles. The Morgan fingerprint density at radius 1 is 1.34 bits per heavy atom. The van der Waals surface area contributed by atoms with Gasteiger partial charge in [-0.05, 0) is 19.8 Å². The van der Waals surface area contributed by atoms with Crippen molar-refractivity contribution in [1.82, 2.24) is 19.4 Å². The Morgan fingerprint density at radius 3 is 2.47 bits per heavy atom. The first-order chi connectivity index (χ1) is 15.0. The minimum absolute atomic E-state index is 0.0732. The number of aromatic nitrogens is 3. The Bertz CT molecular complexity index is 955. The molecule has 1 aliphatic heterocycles. The lowest BCUT2D eigenvalue weighted by molar-refractivity contribution is -0.192. The molecule has 2 aromatic heterocycles. The Kier molecular flexibility index (Phi) is 8.00. The molecule has 32 heavy (non-hydrogen) atoms. The van der Waals surface area contributed by atoms with Crippen LogP contribution in [0.4, 0.5) is 19.2 Å². The Balaban J connectivity index is 0.000000451. The van der Waals surface area contributed by atoms with Gasteiger partial charge in [-0.1, -0.05) is 6.92 Å². The lowest BCUT2D eigenvalue weighted by Gasteiger charge is -2.40. The van der Waals surface area contributed by atoms with Crippen LogP contribution >= 0.6 is 0 Å². The van der Waals surface area contributed by atoms with E-state index >= 15 is 0 Å². The zero-order chi connectivity index (χ0) is 24.1. The summed E-state index contributed by atoms with van der Waals surface area (Å²) in [4.78, 5) is 44.2. The molecule has 1 fully saturated rings. The van der Waals surface area contributed by atoms with Gasteiger partial charge in [0.1, 0.15) is 5.76 Å². The standard InChI is InChI=1S/C17H23N5O3.C2HF3O2/c1-4-7-22-14(23)6-5-12(15(22)13-9-18-10-21(13)3)16(24)20-17-19-8-11(2)25-17;3-2(4,5)1(6)7/h8-10,12,15H,4-7H2,1-3H3,(H,19,20,24);(H,6,7)/t12-,15-;/m0./s1. The second-order valence-corrected chi connectivity index (χ2v) is 7.17. The second-order valence-electron chi connectivity index (χ2n) is 7.17. The lowest BCUT2D eigenvalue weighted by Crippen LogP contribution is -2.47. The number of nitrogens with zero attached hydrogens (tertiary/aromatic N) is 4. The first kappa shape index (κ1) is 24.9. The molecule has 0 aliphatic carbocycles. The van der Waals surface area contributed by atoms with Gasteiger partial charge in [-0.3, -0.25) is 14.9 Å². The summed E-state index contributed by atoms with van der Waals surface area (Å²) in [5.41, 5.74) is 0.852. The highest BCUT2D eigenvalue weighted by molar-refractivity contribution is 5.93. The minimum Gasteiger partial charge on any atom is -0.475 e. The fraction of sp³-hybridized carbons (Fsp3) is 0.526. The van der Waals surface area contributed by atoms with Crippen LogP contribution in [0, 0.1) is 12.8 Å². The highest BCUT2D eigenvalue weighted by Gasteiger charge is 2.42. The van der Waals surface area contributed by atoms with Gasteiger partial charge in [0.15, 0.2) is 0 Å². The number of alkyl halides is 3. The number of piperidine rings is 1. The number of hydrogen-bond acceptors (Lipinski definition) is 6. The Morgan fingerprint density at radius 2 is 2.00 bits per heavy atom. The first-order valence-corrected chi connectivity index (χ1v) is 9.74. The molecule has 0 aromatic carbocycles. The van der Waals surface area contributed by atoms with E-state index in [0.29, 0.717) is 25.1 Å². The van der Waals surface area contributed by atoms with Crippen LogP contribution in [-0.2, 0) is 21.4 Å². The van der Waals surface area contributed by atoms with Crippen molar-refractivity contribution in [3.63, 3.8) is 0 Å². The zero-order valence-corrected chi connectivity index (χ0v) is 17.7. The molecule has 1 aliphatic rings. The first-order valence-electron chi connectivity index (χ1n) is 9.74. The van der Waals surface area contributed by atoms with Crippen molar-refractivity contribution >= 4 is 23.8 Å². The van der Waals surface area contributed by atoms with Gasteiger partial charge in [0.2, 0.25) is 11.8 Å². The molecule has 2 aromatic rings. The summed E-state index contributed by atoms with van der Waals surface area (Å²) in [5.74, 6) is -2.63. The van der Waals surface area contributed by atoms with Crippen molar-refractivity contribution in [2.75, 3.05) is 11.9 Å². The highest BCUT2D eigenvalue weighted by Crippen LogP contribution is 2.37. The molecular weight excluding hydrogens is 435 g/mol. The molecule has 13 heteroatoms. The van der Waals surface area contributed by atoms with Gasteiger partial charge in [-0.15, -0.1) is 0 Å².